The van der Waals surface area contributed by atoms with Crippen molar-refractivity contribution in [1.29, 1.82) is 0 Å². The molecule has 0 spiro atoms. The summed E-state index contributed by atoms with van der Waals surface area (Å²) in [5.74, 6) is -0.153. The quantitative estimate of drug-likeness (QED) is 0.685. The maximum Gasteiger partial charge on any atom is 0.319 e. The lowest BCUT2D eigenvalue weighted by Gasteiger charge is -2.19. The lowest BCUT2D eigenvalue weighted by molar-refractivity contribution is -0.141. The minimum Gasteiger partial charge on any atom is -0.468 e. The van der Waals surface area contributed by atoms with Crippen molar-refractivity contribution in [2.45, 2.75) is 19.8 Å². The largest absolute Gasteiger partial charge is 0.468 e. The zero-order chi connectivity index (χ0) is 11.8. The van der Waals surface area contributed by atoms with Gasteiger partial charge in [-0.3, -0.25) is 9.69 Å². The maximum atomic E-state index is 11.2. The van der Waals surface area contributed by atoms with Gasteiger partial charge in [0.05, 0.1) is 13.7 Å². The molecule has 1 rings (SSSR count). The molecular formula is C12H19NO2S. The van der Waals surface area contributed by atoms with Gasteiger partial charge in [0.25, 0.3) is 0 Å². The van der Waals surface area contributed by atoms with Crippen LogP contribution < -0.4 is 0 Å². The van der Waals surface area contributed by atoms with Crippen molar-refractivity contribution in [2.24, 2.45) is 0 Å². The monoisotopic (exact) mass is 241 g/mol. The van der Waals surface area contributed by atoms with E-state index in [1.807, 2.05) is 0 Å². The molecule has 0 N–H and O–H groups in total. The van der Waals surface area contributed by atoms with Crippen molar-refractivity contribution in [3.05, 3.63) is 22.4 Å². The highest BCUT2D eigenvalue weighted by Crippen LogP contribution is 2.09. The van der Waals surface area contributed by atoms with Crippen LogP contribution in [0, 0.1) is 0 Å². The number of hydrogen-bond donors (Lipinski definition) is 0. The van der Waals surface area contributed by atoms with E-state index < -0.39 is 0 Å². The second-order valence-corrected chi connectivity index (χ2v) is 4.71. The Morgan fingerprint density at radius 3 is 2.88 bits per heavy atom. The molecule has 0 aliphatic heterocycles. The number of esters is 1. The molecule has 0 saturated heterocycles. The number of methoxy groups -OCH3 is 1. The number of thiophene rings is 1. The van der Waals surface area contributed by atoms with Crippen LogP contribution in [0.5, 0.6) is 0 Å². The molecule has 0 amide bonds. The van der Waals surface area contributed by atoms with Gasteiger partial charge in [0.2, 0.25) is 0 Å². The standard InChI is InChI=1S/C12H19NO2S/c1-3-7-13(10-12(14)15-2)8-6-11-5-4-9-16-11/h4-5,9H,3,6-8,10H2,1-2H3. The molecule has 0 aromatic carbocycles. The highest BCUT2D eigenvalue weighted by Gasteiger charge is 2.10. The van der Waals surface area contributed by atoms with Crippen LogP contribution in [0.15, 0.2) is 17.5 Å². The van der Waals surface area contributed by atoms with Crippen LogP contribution in [0.1, 0.15) is 18.2 Å². The van der Waals surface area contributed by atoms with E-state index in [1.165, 1.54) is 12.0 Å². The van der Waals surface area contributed by atoms with Crippen molar-refractivity contribution >= 4 is 17.3 Å². The summed E-state index contributed by atoms with van der Waals surface area (Å²) in [6.07, 6.45) is 2.07. The summed E-state index contributed by atoms with van der Waals surface area (Å²) in [7, 11) is 1.44. The molecule has 3 nitrogen and oxygen atoms in total. The Hall–Kier alpha value is -0.870. The molecule has 0 fully saturated rings. The fraction of sp³-hybridized carbons (Fsp3) is 0.583. The second kappa shape index (κ2) is 7.41. The van der Waals surface area contributed by atoms with Gasteiger partial charge >= 0.3 is 5.97 Å². The fourth-order valence-corrected chi connectivity index (χ4v) is 2.25. The molecule has 0 aliphatic carbocycles. The van der Waals surface area contributed by atoms with Crippen molar-refractivity contribution in [1.82, 2.24) is 4.90 Å². The molecule has 0 aliphatic rings. The summed E-state index contributed by atoms with van der Waals surface area (Å²) in [6.45, 7) is 4.38. The summed E-state index contributed by atoms with van der Waals surface area (Å²) < 4.78 is 4.69. The third-order valence-electron chi connectivity index (χ3n) is 2.37. The van der Waals surface area contributed by atoms with Crippen LogP contribution in [0.2, 0.25) is 0 Å². The van der Waals surface area contributed by atoms with E-state index in [0.29, 0.717) is 6.54 Å². The first kappa shape index (κ1) is 13.2. The average molecular weight is 241 g/mol. The molecule has 4 heteroatoms. The number of carbonyl (C=O) groups is 1. The predicted molar refractivity (Wildman–Crippen MR) is 66.8 cm³/mol. The van der Waals surface area contributed by atoms with Crippen LogP contribution >= 0.6 is 11.3 Å². The molecule has 0 bridgehead atoms. The fourth-order valence-electron chi connectivity index (χ4n) is 1.56. The van der Waals surface area contributed by atoms with Gasteiger partial charge in [-0.1, -0.05) is 13.0 Å². The molecule has 0 saturated carbocycles. The third-order valence-corrected chi connectivity index (χ3v) is 3.31. The van der Waals surface area contributed by atoms with Crippen molar-refractivity contribution in [2.75, 3.05) is 26.7 Å². The van der Waals surface area contributed by atoms with Crippen LogP contribution in [-0.4, -0.2) is 37.6 Å². The number of rotatable bonds is 7. The molecule has 1 heterocycles. The van der Waals surface area contributed by atoms with E-state index in [0.717, 1.165) is 25.9 Å². The molecule has 90 valence electrons. The first-order valence-corrected chi connectivity index (χ1v) is 6.45. The van der Waals surface area contributed by atoms with Crippen LogP contribution in [0.4, 0.5) is 0 Å². The first-order chi connectivity index (χ1) is 7.76. The van der Waals surface area contributed by atoms with E-state index in [2.05, 4.69) is 34.1 Å². The minimum absolute atomic E-state index is 0.153. The highest BCUT2D eigenvalue weighted by molar-refractivity contribution is 7.09. The Morgan fingerprint density at radius 2 is 2.31 bits per heavy atom. The SMILES string of the molecule is CCCN(CCc1cccs1)CC(=O)OC. The topological polar surface area (TPSA) is 29.5 Å². The van der Waals surface area contributed by atoms with Gasteiger partial charge in [-0.25, -0.2) is 0 Å². The number of hydrogen-bond acceptors (Lipinski definition) is 4. The molecule has 1 aromatic heterocycles. The molecule has 16 heavy (non-hydrogen) atoms. The van der Waals surface area contributed by atoms with Gasteiger partial charge in [-0.05, 0) is 30.8 Å². The summed E-state index contributed by atoms with van der Waals surface area (Å²) in [5, 5.41) is 2.08. The molecule has 1 aromatic rings. The van der Waals surface area contributed by atoms with Gasteiger partial charge in [0.1, 0.15) is 0 Å². The summed E-state index contributed by atoms with van der Waals surface area (Å²) >= 11 is 1.76. The third kappa shape index (κ3) is 4.77. The smallest absolute Gasteiger partial charge is 0.319 e. The zero-order valence-corrected chi connectivity index (χ0v) is 10.8. The number of nitrogens with zero attached hydrogens (tertiary/aromatic N) is 1. The van der Waals surface area contributed by atoms with Crippen molar-refractivity contribution in [3.8, 4) is 0 Å². The average Bonchev–Trinajstić information content (AvgIpc) is 2.79. The first-order valence-electron chi connectivity index (χ1n) is 5.57. The lowest BCUT2D eigenvalue weighted by Crippen LogP contribution is -2.32. The lowest BCUT2D eigenvalue weighted by atomic mass is 10.3. The molecule has 0 radical (unpaired) electrons. The summed E-state index contributed by atoms with van der Waals surface area (Å²) in [4.78, 5) is 14.7. The van der Waals surface area contributed by atoms with E-state index in [-0.39, 0.29) is 5.97 Å². The number of ether oxygens (including phenoxy) is 1. The van der Waals surface area contributed by atoms with Crippen LogP contribution in [0.3, 0.4) is 0 Å². The van der Waals surface area contributed by atoms with Gasteiger partial charge in [-0.2, -0.15) is 0 Å². The molecular weight excluding hydrogens is 222 g/mol. The Bertz CT molecular complexity index is 298. The van der Waals surface area contributed by atoms with Crippen LogP contribution in [0.25, 0.3) is 0 Å². The Morgan fingerprint density at radius 1 is 1.50 bits per heavy atom. The summed E-state index contributed by atoms with van der Waals surface area (Å²) in [6, 6.07) is 4.19. The van der Waals surface area contributed by atoms with E-state index >= 15 is 0 Å². The Balaban J connectivity index is 2.35. The predicted octanol–water partition coefficient (Wildman–Crippen LogP) is 2.18. The van der Waals surface area contributed by atoms with Gasteiger partial charge < -0.3 is 4.74 Å². The van der Waals surface area contributed by atoms with E-state index in [9.17, 15) is 4.79 Å². The van der Waals surface area contributed by atoms with Crippen molar-refractivity contribution in [3.63, 3.8) is 0 Å². The highest BCUT2D eigenvalue weighted by atomic mass is 32.1. The maximum absolute atomic E-state index is 11.2. The van der Waals surface area contributed by atoms with Gasteiger partial charge in [0, 0.05) is 11.4 Å². The minimum atomic E-state index is -0.153. The van der Waals surface area contributed by atoms with Crippen LogP contribution in [-0.2, 0) is 16.0 Å². The number of carbonyl (C=O) groups excluding carboxylic acids is 1. The molecule has 0 atom stereocenters. The molecule has 0 unspecified atom stereocenters. The normalized spacial score (nSPS) is 10.7. The van der Waals surface area contributed by atoms with Gasteiger partial charge in [-0.15, -0.1) is 11.3 Å². The van der Waals surface area contributed by atoms with Gasteiger partial charge in [0.15, 0.2) is 0 Å². The van der Waals surface area contributed by atoms with Crippen molar-refractivity contribution < 1.29 is 9.53 Å². The Kier molecular flexibility index (Phi) is 6.11. The van der Waals surface area contributed by atoms with E-state index in [1.54, 1.807) is 11.3 Å². The zero-order valence-electron chi connectivity index (χ0n) is 9.94. The Labute approximate surface area is 101 Å². The second-order valence-electron chi connectivity index (χ2n) is 3.68. The summed E-state index contributed by atoms with van der Waals surface area (Å²) in [5.41, 5.74) is 0. The van der Waals surface area contributed by atoms with E-state index in [4.69, 9.17) is 0 Å².